The van der Waals surface area contributed by atoms with E-state index in [4.69, 9.17) is 9.26 Å². The van der Waals surface area contributed by atoms with Crippen molar-refractivity contribution in [3.05, 3.63) is 72.0 Å². The number of nitrogens with one attached hydrogen (secondary N) is 2. The third-order valence-electron chi connectivity index (χ3n) is 3.72. The highest BCUT2D eigenvalue weighted by Gasteiger charge is 2.20. The van der Waals surface area contributed by atoms with Crippen LogP contribution in [0.1, 0.15) is 23.0 Å². The molecular formula is C20H19N3O4. The Morgan fingerprint density at radius 3 is 2.44 bits per heavy atom. The number of amides is 2. The molecule has 0 aliphatic rings. The van der Waals surface area contributed by atoms with Gasteiger partial charge in [0, 0.05) is 11.8 Å². The molecule has 3 rings (SSSR count). The summed E-state index contributed by atoms with van der Waals surface area (Å²) in [4.78, 5) is 24.8. The molecule has 0 radical (unpaired) electrons. The van der Waals surface area contributed by atoms with Crippen LogP contribution in [0.4, 0.5) is 11.5 Å². The molecule has 138 valence electrons. The molecule has 0 bridgehead atoms. The number of nitrogens with zero attached hydrogens (tertiary/aromatic N) is 1. The molecule has 7 nitrogen and oxygen atoms in total. The number of ether oxygens (including phenoxy) is 1. The van der Waals surface area contributed by atoms with E-state index in [0.29, 0.717) is 28.6 Å². The van der Waals surface area contributed by atoms with Crippen molar-refractivity contribution in [1.82, 2.24) is 5.16 Å². The highest BCUT2D eigenvalue weighted by Crippen LogP contribution is 2.21. The number of carbonyl (C=O) groups excluding carboxylic acids is 2. The summed E-state index contributed by atoms with van der Waals surface area (Å²) in [5, 5.41) is 9.11. The Kier molecular flexibility index (Phi) is 5.51. The van der Waals surface area contributed by atoms with E-state index >= 15 is 0 Å². The number of benzene rings is 2. The lowest BCUT2D eigenvalue weighted by atomic mass is 10.1. The van der Waals surface area contributed by atoms with Gasteiger partial charge in [-0.25, -0.2) is 0 Å². The smallest absolute Gasteiger partial charge is 0.266 e. The van der Waals surface area contributed by atoms with Crippen LogP contribution in [-0.2, 0) is 4.79 Å². The van der Waals surface area contributed by atoms with Gasteiger partial charge in [-0.15, -0.1) is 0 Å². The third-order valence-corrected chi connectivity index (χ3v) is 3.72. The number of hydrogen-bond acceptors (Lipinski definition) is 5. The lowest BCUT2D eigenvalue weighted by Crippen LogP contribution is -2.31. The van der Waals surface area contributed by atoms with Crippen molar-refractivity contribution in [2.45, 2.75) is 20.0 Å². The zero-order chi connectivity index (χ0) is 19.2. The molecule has 7 heteroatoms. The molecule has 3 aromatic rings. The fraction of sp³-hybridized carbons (Fsp3) is 0.150. The Bertz CT molecular complexity index is 937. The highest BCUT2D eigenvalue weighted by atomic mass is 16.5. The monoisotopic (exact) mass is 365 g/mol. The zero-order valence-corrected chi connectivity index (χ0v) is 14.9. The number of anilines is 2. The van der Waals surface area contributed by atoms with Crippen molar-refractivity contribution in [3.8, 4) is 5.75 Å². The van der Waals surface area contributed by atoms with Crippen LogP contribution in [0.3, 0.4) is 0 Å². The number of hydrogen-bond donors (Lipinski definition) is 2. The van der Waals surface area contributed by atoms with Crippen LogP contribution in [-0.4, -0.2) is 23.1 Å². The van der Waals surface area contributed by atoms with Crippen molar-refractivity contribution >= 4 is 23.3 Å². The molecule has 1 unspecified atom stereocenters. The minimum Gasteiger partial charge on any atom is -0.480 e. The van der Waals surface area contributed by atoms with Crippen LogP contribution in [0.25, 0.3) is 0 Å². The fourth-order valence-electron chi connectivity index (χ4n) is 2.37. The number of rotatable bonds is 6. The molecule has 1 aromatic heterocycles. The molecule has 2 amide bonds. The summed E-state index contributed by atoms with van der Waals surface area (Å²) in [5.74, 6) is 0.480. The number of aryl methyl sites for hydroxylation is 1. The second kappa shape index (κ2) is 8.18. The van der Waals surface area contributed by atoms with E-state index < -0.39 is 12.0 Å². The van der Waals surface area contributed by atoms with Gasteiger partial charge in [-0.2, -0.15) is 0 Å². The van der Waals surface area contributed by atoms with E-state index in [2.05, 4.69) is 15.8 Å². The molecule has 27 heavy (non-hydrogen) atoms. The van der Waals surface area contributed by atoms with Gasteiger partial charge in [0.2, 0.25) is 0 Å². The van der Waals surface area contributed by atoms with Crippen molar-refractivity contribution in [2.24, 2.45) is 0 Å². The second-order valence-corrected chi connectivity index (χ2v) is 5.89. The second-order valence-electron chi connectivity index (χ2n) is 5.89. The van der Waals surface area contributed by atoms with Crippen LogP contribution < -0.4 is 15.4 Å². The normalized spacial score (nSPS) is 11.5. The van der Waals surface area contributed by atoms with Crippen LogP contribution >= 0.6 is 0 Å². The summed E-state index contributed by atoms with van der Waals surface area (Å²) in [6, 6.07) is 17.5. The molecule has 2 N–H and O–H groups in total. The van der Waals surface area contributed by atoms with Crippen molar-refractivity contribution < 1.29 is 18.8 Å². The molecule has 0 saturated carbocycles. The van der Waals surface area contributed by atoms with Gasteiger partial charge in [0.25, 0.3) is 11.8 Å². The van der Waals surface area contributed by atoms with E-state index in [1.165, 1.54) is 0 Å². The summed E-state index contributed by atoms with van der Waals surface area (Å²) in [7, 11) is 0. The molecule has 0 aliphatic heterocycles. The van der Waals surface area contributed by atoms with Crippen LogP contribution in [0.15, 0.2) is 65.2 Å². The van der Waals surface area contributed by atoms with E-state index in [-0.39, 0.29) is 5.91 Å². The first-order valence-corrected chi connectivity index (χ1v) is 8.39. The third kappa shape index (κ3) is 4.72. The molecular weight excluding hydrogens is 346 g/mol. The van der Waals surface area contributed by atoms with E-state index in [1.807, 2.05) is 18.2 Å². The van der Waals surface area contributed by atoms with Gasteiger partial charge in [0.1, 0.15) is 11.5 Å². The first kappa shape index (κ1) is 18.2. The van der Waals surface area contributed by atoms with Gasteiger partial charge >= 0.3 is 0 Å². The minimum absolute atomic E-state index is 0.308. The van der Waals surface area contributed by atoms with E-state index in [9.17, 15) is 9.59 Å². The topological polar surface area (TPSA) is 93.5 Å². The standard InChI is InChI=1S/C20H19N3O4/c1-13-12-18(23-27-13)22-19(24)14(2)26-17-11-7-6-10-16(17)20(25)21-15-8-4-3-5-9-15/h3-12,14H,1-2H3,(H,21,25)(H,22,23,24). The molecule has 1 heterocycles. The predicted octanol–water partition coefficient (Wildman–Crippen LogP) is 3.64. The molecule has 0 aliphatic carbocycles. The quantitative estimate of drug-likeness (QED) is 0.696. The maximum Gasteiger partial charge on any atom is 0.266 e. The maximum atomic E-state index is 12.6. The zero-order valence-electron chi connectivity index (χ0n) is 14.9. The van der Waals surface area contributed by atoms with E-state index in [0.717, 1.165) is 0 Å². The van der Waals surface area contributed by atoms with Gasteiger partial charge in [-0.3, -0.25) is 9.59 Å². The fourth-order valence-corrected chi connectivity index (χ4v) is 2.37. The van der Waals surface area contributed by atoms with Crippen LogP contribution in [0, 0.1) is 6.92 Å². The first-order valence-electron chi connectivity index (χ1n) is 8.39. The molecule has 0 saturated heterocycles. The van der Waals surface area contributed by atoms with Gasteiger partial charge < -0.3 is 19.9 Å². The maximum absolute atomic E-state index is 12.6. The van der Waals surface area contributed by atoms with Gasteiger partial charge in [0.05, 0.1) is 5.56 Å². The summed E-state index contributed by atoms with van der Waals surface area (Å²) < 4.78 is 10.6. The average molecular weight is 365 g/mol. The average Bonchev–Trinajstić information content (AvgIpc) is 3.07. The molecule has 0 fully saturated rings. The summed E-state index contributed by atoms with van der Waals surface area (Å²) in [5.41, 5.74) is 1.00. The number of aromatic nitrogens is 1. The Morgan fingerprint density at radius 2 is 1.74 bits per heavy atom. The van der Waals surface area contributed by atoms with E-state index in [1.54, 1.807) is 56.3 Å². The summed E-state index contributed by atoms with van der Waals surface area (Å²) >= 11 is 0. The Labute approximate surface area is 156 Å². The Balaban J connectivity index is 1.69. The minimum atomic E-state index is -0.840. The largest absolute Gasteiger partial charge is 0.480 e. The van der Waals surface area contributed by atoms with Crippen molar-refractivity contribution in [3.63, 3.8) is 0 Å². The first-order chi connectivity index (χ1) is 13.0. The molecule has 0 spiro atoms. The van der Waals surface area contributed by atoms with Crippen molar-refractivity contribution in [2.75, 3.05) is 10.6 Å². The molecule has 2 aromatic carbocycles. The lowest BCUT2D eigenvalue weighted by molar-refractivity contribution is -0.122. The van der Waals surface area contributed by atoms with Gasteiger partial charge in [-0.1, -0.05) is 35.5 Å². The summed E-state index contributed by atoms with van der Waals surface area (Å²) in [6.07, 6.45) is -0.840. The highest BCUT2D eigenvalue weighted by molar-refractivity contribution is 6.06. The Hall–Kier alpha value is -3.61. The van der Waals surface area contributed by atoms with Crippen molar-refractivity contribution in [1.29, 1.82) is 0 Å². The number of para-hydroxylation sites is 2. The predicted molar refractivity (Wildman–Crippen MR) is 101 cm³/mol. The molecule has 1 atom stereocenters. The van der Waals surface area contributed by atoms with Crippen LogP contribution in [0.5, 0.6) is 5.75 Å². The van der Waals surface area contributed by atoms with Crippen LogP contribution in [0.2, 0.25) is 0 Å². The lowest BCUT2D eigenvalue weighted by Gasteiger charge is -2.16. The Morgan fingerprint density at radius 1 is 1.04 bits per heavy atom. The SMILES string of the molecule is Cc1cc(NC(=O)C(C)Oc2ccccc2C(=O)Nc2ccccc2)no1. The van der Waals surface area contributed by atoms with Gasteiger partial charge in [-0.05, 0) is 38.1 Å². The van der Waals surface area contributed by atoms with Gasteiger partial charge in [0.15, 0.2) is 11.9 Å². The summed E-state index contributed by atoms with van der Waals surface area (Å²) in [6.45, 7) is 3.32. The number of carbonyl (C=O) groups is 2.